The summed E-state index contributed by atoms with van der Waals surface area (Å²) in [6, 6.07) is 10.4. The summed E-state index contributed by atoms with van der Waals surface area (Å²) in [6.07, 6.45) is 1.22. The second-order valence-corrected chi connectivity index (χ2v) is 11.3. The van der Waals surface area contributed by atoms with Crippen molar-refractivity contribution < 1.29 is 27.5 Å². The molecule has 1 saturated heterocycles. The number of thioether (sulfide) groups is 1. The van der Waals surface area contributed by atoms with Gasteiger partial charge in [-0.15, -0.1) is 11.8 Å². The van der Waals surface area contributed by atoms with E-state index in [1.807, 2.05) is 0 Å². The molecule has 1 aliphatic heterocycles. The van der Waals surface area contributed by atoms with Crippen molar-refractivity contribution in [3.05, 3.63) is 63.6 Å². The Bertz CT molecular complexity index is 1120. The van der Waals surface area contributed by atoms with Crippen molar-refractivity contribution in [3.8, 4) is 5.75 Å². The van der Waals surface area contributed by atoms with E-state index in [2.05, 4.69) is 5.32 Å². The van der Waals surface area contributed by atoms with Crippen LogP contribution in [-0.2, 0) is 37.4 Å². The maximum absolute atomic E-state index is 12.8. The molecule has 0 radical (unpaired) electrons. The zero-order chi connectivity index (χ0) is 24.9. The first-order chi connectivity index (χ1) is 16.1. The molecular weight excluding hydrogens is 523 g/mol. The van der Waals surface area contributed by atoms with Gasteiger partial charge in [-0.3, -0.25) is 4.79 Å². The van der Waals surface area contributed by atoms with E-state index in [0.717, 1.165) is 16.1 Å². The molecule has 8 nitrogen and oxygen atoms in total. The predicted octanol–water partition coefficient (Wildman–Crippen LogP) is 3.11. The monoisotopic (exact) mass is 546 g/mol. The van der Waals surface area contributed by atoms with Crippen LogP contribution in [0.5, 0.6) is 5.75 Å². The average Bonchev–Trinajstić information content (AvgIpc) is 3.30. The van der Waals surface area contributed by atoms with Gasteiger partial charge >= 0.3 is 5.97 Å². The van der Waals surface area contributed by atoms with Crippen LogP contribution in [0.1, 0.15) is 11.1 Å². The van der Waals surface area contributed by atoms with E-state index >= 15 is 0 Å². The van der Waals surface area contributed by atoms with Gasteiger partial charge in [0.1, 0.15) is 24.4 Å². The van der Waals surface area contributed by atoms with Crippen molar-refractivity contribution in [1.82, 2.24) is 9.62 Å². The van der Waals surface area contributed by atoms with Gasteiger partial charge in [-0.1, -0.05) is 41.4 Å². The molecule has 1 amide bonds. The highest BCUT2D eigenvalue weighted by atomic mass is 35.5. The quantitative estimate of drug-likeness (QED) is 0.482. The minimum Gasteiger partial charge on any atom is -0.489 e. The fourth-order valence-electron chi connectivity index (χ4n) is 3.35. The van der Waals surface area contributed by atoms with Gasteiger partial charge in [0, 0.05) is 27.8 Å². The van der Waals surface area contributed by atoms with Crippen LogP contribution in [0.2, 0.25) is 10.0 Å². The Balaban J connectivity index is 1.65. The van der Waals surface area contributed by atoms with Gasteiger partial charge in [-0.05, 0) is 29.8 Å². The maximum atomic E-state index is 12.8. The van der Waals surface area contributed by atoms with Crippen LogP contribution in [0, 0.1) is 0 Å². The standard InChI is InChI=1S/C22H24Cl2N2O6S2/c1-31-22(28)19(25-21(27)20-12-33-13-26(20)34(2,29)30)10-14-6-8-15(9-7-14)32-11-16-17(23)4-3-5-18(16)24/h3-9,19-20H,10-13H2,1-2H3,(H,25,27)/t19-,20+/m0/s1. The number of carbonyl (C=O) groups is 2. The molecule has 1 N–H and O–H groups in total. The van der Waals surface area contributed by atoms with E-state index in [0.29, 0.717) is 27.1 Å². The average molecular weight is 547 g/mol. The fourth-order valence-corrected chi connectivity index (χ4v) is 6.59. The Hall–Kier alpha value is -1.98. The van der Waals surface area contributed by atoms with Crippen molar-refractivity contribution in [1.29, 1.82) is 0 Å². The van der Waals surface area contributed by atoms with Crippen molar-refractivity contribution in [2.45, 2.75) is 25.1 Å². The molecule has 0 unspecified atom stereocenters. The number of carbonyl (C=O) groups excluding carboxylic acids is 2. The predicted molar refractivity (Wildman–Crippen MR) is 133 cm³/mol. The van der Waals surface area contributed by atoms with Gasteiger partial charge in [0.05, 0.1) is 19.2 Å². The molecule has 34 heavy (non-hydrogen) atoms. The number of sulfonamides is 1. The molecule has 1 heterocycles. The minimum absolute atomic E-state index is 0.160. The SMILES string of the molecule is COC(=O)[C@H](Cc1ccc(OCc2c(Cl)cccc2Cl)cc1)NC(=O)[C@H]1CSCN1S(C)(=O)=O. The largest absolute Gasteiger partial charge is 0.489 e. The van der Waals surface area contributed by atoms with E-state index in [1.54, 1.807) is 42.5 Å². The van der Waals surface area contributed by atoms with Gasteiger partial charge in [0.2, 0.25) is 15.9 Å². The summed E-state index contributed by atoms with van der Waals surface area (Å²) in [5, 5.41) is 3.66. The zero-order valence-corrected chi connectivity index (χ0v) is 21.6. The van der Waals surface area contributed by atoms with Crippen LogP contribution in [-0.4, -0.2) is 61.7 Å². The minimum atomic E-state index is -3.55. The number of nitrogens with zero attached hydrogens (tertiary/aromatic N) is 1. The lowest BCUT2D eigenvalue weighted by atomic mass is 10.1. The third-order valence-corrected chi connectivity index (χ3v) is 8.30. The van der Waals surface area contributed by atoms with E-state index in [9.17, 15) is 18.0 Å². The summed E-state index contributed by atoms with van der Waals surface area (Å²) in [5.41, 5.74) is 1.43. The van der Waals surface area contributed by atoms with Crippen LogP contribution in [0.15, 0.2) is 42.5 Å². The van der Waals surface area contributed by atoms with Crippen molar-refractivity contribution in [2.24, 2.45) is 0 Å². The van der Waals surface area contributed by atoms with Crippen molar-refractivity contribution in [2.75, 3.05) is 25.0 Å². The molecule has 1 aliphatic rings. The topological polar surface area (TPSA) is 102 Å². The first-order valence-corrected chi connectivity index (χ1v) is 13.9. The third kappa shape index (κ3) is 6.79. The van der Waals surface area contributed by atoms with Crippen molar-refractivity contribution >= 4 is 56.9 Å². The number of hydrogen-bond donors (Lipinski definition) is 1. The van der Waals surface area contributed by atoms with Gasteiger partial charge in [0.25, 0.3) is 0 Å². The van der Waals surface area contributed by atoms with Gasteiger partial charge in [0.15, 0.2) is 0 Å². The molecule has 0 aliphatic carbocycles. The summed E-state index contributed by atoms with van der Waals surface area (Å²) in [4.78, 5) is 25.1. The normalized spacial score (nSPS) is 17.2. The molecule has 0 aromatic heterocycles. The zero-order valence-electron chi connectivity index (χ0n) is 18.5. The Labute approximate surface area is 212 Å². The van der Waals surface area contributed by atoms with Crippen LogP contribution < -0.4 is 10.1 Å². The summed E-state index contributed by atoms with van der Waals surface area (Å²) >= 11 is 13.7. The third-order valence-electron chi connectivity index (χ3n) is 5.18. The molecule has 184 valence electrons. The summed E-state index contributed by atoms with van der Waals surface area (Å²) in [6.45, 7) is 0.189. The lowest BCUT2D eigenvalue weighted by Crippen LogP contribution is -2.52. The van der Waals surface area contributed by atoms with E-state index in [-0.39, 0.29) is 18.9 Å². The molecule has 1 fully saturated rings. The molecule has 2 aromatic rings. The molecule has 2 aromatic carbocycles. The second kappa shape index (κ2) is 11.6. The highest BCUT2D eigenvalue weighted by molar-refractivity contribution is 8.00. The Kier molecular flexibility index (Phi) is 9.11. The Morgan fingerprint density at radius 1 is 1.18 bits per heavy atom. The van der Waals surface area contributed by atoms with Gasteiger partial charge < -0.3 is 14.8 Å². The fraction of sp³-hybridized carbons (Fsp3) is 0.364. The van der Waals surface area contributed by atoms with Gasteiger partial charge in [-0.2, -0.15) is 4.31 Å². The summed E-state index contributed by atoms with van der Waals surface area (Å²) < 4.78 is 35.6. The van der Waals surface area contributed by atoms with Gasteiger partial charge in [-0.25, -0.2) is 13.2 Å². The molecule has 0 bridgehead atoms. The highest BCUT2D eigenvalue weighted by Gasteiger charge is 2.38. The number of nitrogens with one attached hydrogen (secondary N) is 1. The number of amides is 1. The van der Waals surface area contributed by atoms with Crippen LogP contribution in [0.4, 0.5) is 0 Å². The van der Waals surface area contributed by atoms with E-state index < -0.39 is 34.0 Å². The number of rotatable bonds is 9. The highest BCUT2D eigenvalue weighted by Crippen LogP contribution is 2.26. The number of halogens is 2. The Morgan fingerprint density at radius 3 is 2.41 bits per heavy atom. The number of esters is 1. The molecule has 3 rings (SSSR count). The molecule has 0 spiro atoms. The van der Waals surface area contributed by atoms with Crippen molar-refractivity contribution in [3.63, 3.8) is 0 Å². The molecule has 2 atom stereocenters. The lowest BCUT2D eigenvalue weighted by Gasteiger charge is -2.23. The number of methoxy groups -OCH3 is 1. The van der Waals surface area contributed by atoms with Crippen LogP contribution in [0.25, 0.3) is 0 Å². The van der Waals surface area contributed by atoms with Crippen LogP contribution in [0.3, 0.4) is 0 Å². The first kappa shape index (κ1) is 26.6. The smallest absolute Gasteiger partial charge is 0.328 e. The first-order valence-electron chi connectivity index (χ1n) is 10.2. The molecule has 0 saturated carbocycles. The Morgan fingerprint density at radius 2 is 1.82 bits per heavy atom. The summed E-state index contributed by atoms with van der Waals surface area (Å²) in [7, 11) is -2.32. The van der Waals surface area contributed by atoms with E-state index in [4.69, 9.17) is 32.7 Å². The number of benzene rings is 2. The maximum Gasteiger partial charge on any atom is 0.328 e. The van der Waals surface area contributed by atoms with E-state index in [1.165, 1.54) is 18.9 Å². The summed E-state index contributed by atoms with van der Waals surface area (Å²) in [5.74, 6) is -0.0826. The van der Waals surface area contributed by atoms with Crippen LogP contribution >= 0.6 is 35.0 Å². The molecule has 12 heteroatoms. The molecular formula is C22H24Cl2N2O6S2. The second-order valence-electron chi connectivity index (χ2n) is 7.59. The lowest BCUT2D eigenvalue weighted by molar-refractivity contribution is -0.145. The number of ether oxygens (including phenoxy) is 2. The number of hydrogen-bond acceptors (Lipinski definition) is 7.